The second-order valence-corrected chi connectivity index (χ2v) is 7.56. The Kier molecular flexibility index (Phi) is 4.24. The van der Waals surface area contributed by atoms with Crippen LogP contribution in [0.2, 0.25) is 0 Å². The van der Waals surface area contributed by atoms with Crippen molar-refractivity contribution in [3.05, 3.63) is 71.0 Å². The molecule has 0 spiro atoms. The van der Waals surface area contributed by atoms with Crippen molar-refractivity contribution in [3.63, 3.8) is 0 Å². The van der Waals surface area contributed by atoms with Crippen molar-refractivity contribution in [2.75, 3.05) is 12.9 Å². The molecule has 0 bridgehead atoms. The second-order valence-electron chi connectivity index (χ2n) is 5.54. The molecular formula is C18H15FO4S. The summed E-state index contributed by atoms with van der Waals surface area (Å²) < 4.78 is 41.4. The van der Waals surface area contributed by atoms with E-state index in [1.165, 1.54) is 24.3 Å². The number of halogens is 1. The minimum absolute atomic E-state index is 0.198. The predicted molar refractivity (Wildman–Crippen MR) is 87.5 cm³/mol. The minimum atomic E-state index is -3.30. The molecule has 0 atom stereocenters. The fraction of sp³-hybridized carbons (Fsp3) is 0.167. The monoisotopic (exact) mass is 346 g/mol. The third-order valence-electron chi connectivity index (χ3n) is 3.84. The van der Waals surface area contributed by atoms with Gasteiger partial charge in [-0.2, -0.15) is 0 Å². The van der Waals surface area contributed by atoms with Gasteiger partial charge in [0.25, 0.3) is 0 Å². The SMILES string of the molecule is CS(=O)(=O)c1ccc(/C(=C2/CCOC2=O)c2ccc(F)cc2)cc1. The number of carbonyl (C=O) groups excluding carboxylic acids is 1. The number of esters is 1. The second kappa shape index (κ2) is 6.20. The molecule has 4 nitrogen and oxygen atoms in total. The Hall–Kier alpha value is -2.47. The van der Waals surface area contributed by atoms with Crippen LogP contribution >= 0.6 is 0 Å². The van der Waals surface area contributed by atoms with Crippen LogP contribution in [0, 0.1) is 5.82 Å². The summed E-state index contributed by atoms with van der Waals surface area (Å²) in [4.78, 5) is 12.2. The lowest BCUT2D eigenvalue weighted by Gasteiger charge is -2.11. The van der Waals surface area contributed by atoms with Gasteiger partial charge < -0.3 is 4.74 Å². The van der Waals surface area contributed by atoms with E-state index in [2.05, 4.69) is 0 Å². The Balaban J connectivity index is 2.16. The molecule has 6 heteroatoms. The Labute approximate surface area is 139 Å². The Morgan fingerprint density at radius 1 is 1.00 bits per heavy atom. The van der Waals surface area contributed by atoms with Crippen molar-refractivity contribution in [1.82, 2.24) is 0 Å². The van der Waals surface area contributed by atoms with Crippen LogP contribution in [0.25, 0.3) is 5.57 Å². The van der Waals surface area contributed by atoms with Crippen LogP contribution in [-0.2, 0) is 19.4 Å². The van der Waals surface area contributed by atoms with Crippen molar-refractivity contribution in [3.8, 4) is 0 Å². The quantitative estimate of drug-likeness (QED) is 0.633. The molecule has 0 unspecified atom stereocenters. The summed E-state index contributed by atoms with van der Waals surface area (Å²) in [6.45, 7) is 0.306. The first-order chi connectivity index (χ1) is 11.4. The fourth-order valence-corrected chi connectivity index (χ4v) is 3.29. The topological polar surface area (TPSA) is 60.4 Å². The zero-order valence-corrected chi connectivity index (χ0v) is 13.8. The number of hydrogen-bond acceptors (Lipinski definition) is 4. The van der Waals surface area contributed by atoms with Crippen LogP contribution in [0.1, 0.15) is 17.5 Å². The molecule has 1 aliphatic heterocycles. The van der Waals surface area contributed by atoms with E-state index in [0.29, 0.717) is 35.3 Å². The van der Waals surface area contributed by atoms with Gasteiger partial charge in [0.15, 0.2) is 9.84 Å². The number of rotatable bonds is 3. The number of carbonyl (C=O) groups is 1. The summed E-state index contributed by atoms with van der Waals surface area (Å²) in [7, 11) is -3.30. The third-order valence-corrected chi connectivity index (χ3v) is 4.97. The maximum Gasteiger partial charge on any atom is 0.334 e. The van der Waals surface area contributed by atoms with Gasteiger partial charge in [-0.25, -0.2) is 17.6 Å². The van der Waals surface area contributed by atoms with Gasteiger partial charge in [0.05, 0.1) is 11.5 Å². The van der Waals surface area contributed by atoms with E-state index in [1.807, 2.05) is 0 Å². The highest BCUT2D eigenvalue weighted by Gasteiger charge is 2.25. The number of ether oxygens (including phenoxy) is 1. The molecule has 0 radical (unpaired) electrons. The van der Waals surface area contributed by atoms with Crippen LogP contribution in [0.15, 0.2) is 59.0 Å². The van der Waals surface area contributed by atoms with Crippen LogP contribution in [0.3, 0.4) is 0 Å². The first-order valence-corrected chi connectivity index (χ1v) is 9.22. The molecule has 0 aliphatic carbocycles. The minimum Gasteiger partial charge on any atom is -0.462 e. The van der Waals surface area contributed by atoms with E-state index in [4.69, 9.17) is 4.74 Å². The lowest BCUT2D eigenvalue weighted by atomic mass is 9.92. The standard InChI is InChI=1S/C18H15FO4S/c1-24(21,22)15-8-4-13(5-9-15)17(16-10-11-23-18(16)20)12-2-6-14(19)7-3-12/h2-9H,10-11H2,1H3/b17-16-. The van der Waals surface area contributed by atoms with Gasteiger partial charge in [0.1, 0.15) is 5.82 Å². The first-order valence-electron chi connectivity index (χ1n) is 7.33. The Bertz CT molecular complexity index is 910. The molecule has 124 valence electrons. The Morgan fingerprint density at radius 3 is 2.00 bits per heavy atom. The molecule has 1 aliphatic rings. The largest absolute Gasteiger partial charge is 0.462 e. The van der Waals surface area contributed by atoms with E-state index in [-0.39, 0.29) is 10.7 Å². The molecule has 0 saturated carbocycles. The Morgan fingerprint density at radius 2 is 1.54 bits per heavy atom. The lowest BCUT2D eigenvalue weighted by Crippen LogP contribution is -2.02. The molecular weight excluding hydrogens is 331 g/mol. The average molecular weight is 346 g/mol. The number of benzene rings is 2. The summed E-state index contributed by atoms with van der Waals surface area (Å²) in [5.41, 5.74) is 2.51. The van der Waals surface area contributed by atoms with Crippen molar-refractivity contribution >= 4 is 21.4 Å². The molecule has 0 amide bonds. The first kappa shape index (κ1) is 16.4. The summed E-state index contributed by atoms with van der Waals surface area (Å²) in [6, 6.07) is 12.1. The highest BCUT2D eigenvalue weighted by Crippen LogP contribution is 2.32. The van der Waals surface area contributed by atoms with Crippen LogP contribution in [0.5, 0.6) is 0 Å². The van der Waals surface area contributed by atoms with E-state index in [1.54, 1.807) is 24.3 Å². The normalized spacial score (nSPS) is 16.8. The maximum atomic E-state index is 13.2. The molecule has 2 aromatic rings. The molecule has 1 heterocycles. The number of hydrogen-bond donors (Lipinski definition) is 0. The van der Waals surface area contributed by atoms with E-state index in [9.17, 15) is 17.6 Å². The molecule has 0 N–H and O–H groups in total. The number of cyclic esters (lactones) is 1. The third kappa shape index (κ3) is 3.23. The van der Waals surface area contributed by atoms with Gasteiger partial charge in [0, 0.05) is 18.2 Å². The van der Waals surface area contributed by atoms with E-state index >= 15 is 0 Å². The van der Waals surface area contributed by atoms with E-state index < -0.39 is 15.8 Å². The van der Waals surface area contributed by atoms with Gasteiger partial charge in [-0.1, -0.05) is 24.3 Å². The molecule has 24 heavy (non-hydrogen) atoms. The summed E-state index contributed by atoms with van der Waals surface area (Å²) in [5, 5.41) is 0. The lowest BCUT2D eigenvalue weighted by molar-refractivity contribution is -0.135. The molecule has 2 aromatic carbocycles. The fourth-order valence-electron chi connectivity index (χ4n) is 2.66. The van der Waals surface area contributed by atoms with Crippen molar-refractivity contribution in [1.29, 1.82) is 0 Å². The predicted octanol–water partition coefficient (Wildman–Crippen LogP) is 2.98. The van der Waals surface area contributed by atoms with Gasteiger partial charge in [-0.15, -0.1) is 0 Å². The molecule has 0 aromatic heterocycles. The van der Waals surface area contributed by atoms with Crippen LogP contribution < -0.4 is 0 Å². The summed E-state index contributed by atoms with van der Waals surface area (Å²) in [5.74, 6) is -0.772. The summed E-state index contributed by atoms with van der Waals surface area (Å²) in [6.07, 6.45) is 1.59. The highest BCUT2D eigenvalue weighted by atomic mass is 32.2. The van der Waals surface area contributed by atoms with Gasteiger partial charge in [-0.05, 0) is 41.0 Å². The molecule has 1 fully saturated rings. The molecule has 1 saturated heterocycles. The zero-order chi connectivity index (χ0) is 17.3. The molecule has 3 rings (SSSR count). The number of sulfone groups is 1. The van der Waals surface area contributed by atoms with Crippen LogP contribution in [-0.4, -0.2) is 27.2 Å². The smallest absolute Gasteiger partial charge is 0.334 e. The maximum absolute atomic E-state index is 13.2. The van der Waals surface area contributed by atoms with E-state index in [0.717, 1.165) is 6.26 Å². The van der Waals surface area contributed by atoms with Gasteiger partial charge in [-0.3, -0.25) is 0 Å². The zero-order valence-electron chi connectivity index (χ0n) is 13.0. The van der Waals surface area contributed by atoms with Crippen molar-refractivity contribution in [2.45, 2.75) is 11.3 Å². The average Bonchev–Trinajstić information content (AvgIpc) is 2.95. The highest BCUT2D eigenvalue weighted by molar-refractivity contribution is 7.90. The van der Waals surface area contributed by atoms with Crippen LogP contribution in [0.4, 0.5) is 4.39 Å². The van der Waals surface area contributed by atoms with Gasteiger partial charge >= 0.3 is 5.97 Å². The van der Waals surface area contributed by atoms with Crippen molar-refractivity contribution in [2.24, 2.45) is 0 Å². The van der Waals surface area contributed by atoms with Crippen molar-refractivity contribution < 1.29 is 22.3 Å². The summed E-state index contributed by atoms with van der Waals surface area (Å²) >= 11 is 0. The van der Waals surface area contributed by atoms with Gasteiger partial charge in [0.2, 0.25) is 0 Å².